The van der Waals surface area contributed by atoms with Crippen LogP contribution in [0.1, 0.15) is 25.3 Å². The summed E-state index contributed by atoms with van der Waals surface area (Å²) in [6.07, 6.45) is -18.1. The lowest BCUT2D eigenvalue weighted by Gasteiger charge is -2.50. The Kier molecular flexibility index (Phi) is 16.2. The van der Waals surface area contributed by atoms with Crippen molar-refractivity contribution in [3.05, 3.63) is 29.8 Å². The molecular weight excluding hydrogens is 736 g/mol. The Hall–Kier alpha value is -3.46. The number of carbonyl (C=O) groups excluding carboxylic acids is 3. The van der Waals surface area contributed by atoms with Crippen LogP contribution in [-0.4, -0.2) is 180 Å². The number of ether oxygens (including phenoxy) is 7. The third-order valence-electron chi connectivity index (χ3n) is 9.45. The van der Waals surface area contributed by atoms with Crippen LogP contribution >= 0.6 is 0 Å². The highest BCUT2D eigenvalue weighted by atomic mass is 16.7. The standard InChI is InChI=1S/C33H52N6O16/c1-13(43)37-22-25(47)27(49-2)16(10-40)52-32(22)55-29-18(12-42)53-33(54-28-17(11-41)51-31(50-3)21(34)24(28)46)23(26(29)48)39-20(45)9-8-19(44)38-15-6-4-14(5-7-15)30(35)36/h4-7,16-18,21-29,31-33,40-42,46-48H,8-12,34H2,1-3H3,(H3,35,36)(H,37,43)(H,38,44)(H,39,45)/t16?,17?,18?,21?,22?,23?,24-,25-,26-,27-,28-,29-,31-,32+,33+/m1/s1. The predicted molar refractivity (Wildman–Crippen MR) is 186 cm³/mol. The maximum Gasteiger partial charge on any atom is 0.224 e. The Balaban J connectivity index is 1.58. The van der Waals surface area contributed by atoms with Crippen LogP contribution in [0.4, 0.5) is 5.69 Å². The summed E-state index contributed by atoms with van der Waals surface area (Å²) < 4.78 is 40.0. The molecule has 4 rings (SSSR count). The smallest absolute Gasteiger partial charge is 0.224 e. The molecule has 0 radical (unpaired) electrons. The Labute approximate surface area is 315 Å². The lowest BCUT2D eigenvalue weighted by Crippen LogP contribution is -2.70. The van der Waals surface area contributed by atoms with Crippen LogP contribution in [-0.2, 0) is 47.5 Å². The molecule has 22 heteroatoms. The fraction of sp³-hybridized carbons (Fsp3) is 0.697. The maximum atomic E-state index is 13.4. The molecule has 3 aliphatic rings. The van der Waals surface area contributed by atoms with Gasteiger partial charge in [0.05, 0.1) is 25.9 Å². The van der Waals surface area contributed by atoms with Gasteiger partial charge in [-0.05, 0) is 24.3 Å². The van der Waals surface area contributed by atoms with E-state index in [1.807, 2.05) is 0 Å². The van der Waals surface area contributed by atoms with E-state index in [1.54, 1.807) is 0 Å². The second-order valence-electron chi connectivity index (χ2n) is 13.2. The highest BCUT2D eigenvalue weighted by Gasteiger charge is 2.54. The fourth-order valence-corrected chi connectivity index (χ4v) is 6.59. The molecule has 15 atom stereocenters. The predicted octanol–water partition coefficient (Wildman–Crippen LogP) is -5.33. The molecule has 3 fully saturated rings. The van der Waals surface area contributed by atoms with E-state index >= 15 is 0 Å². The summed E-state index contributed by atoms with van der Waals surface area (Å²) >= 11 is 0. The molecule has 0 bridgehead atoms. The van der Waals surface area contributed by atoms with Gasteiger partial charge in [-0.3, -0.25) is 19.8 Å². The summed E-state index contributed by atoms with van der Waals surface area (Å²) in [7, 11) is 2.54. The zero-order chi connectivity index (χ0) is 40.6. The van der Waals surface area contributed by atoms with Crippen molar-refractivity contribution < 1.29 is 78.2 Å². The fourth-order valence-electron chi connectivity index (χ4n) is 6.59. The number of methoxy groups -OCH3 is 2. The summed E-state index contributed by atoms with van der Waals surface area (Å²) in [6.45, 7) is -1.01. The number of carbonyl (C=O) groups is 3. The largest absolute Gasteiger partial charge is 0.394 e. The van der Waals surface area contributed by atoms with E-state index in [2.05, 4.69) is 16.0 Å². The van der Waals surface area contributed by atoms with E-state index in [-0.39, 0.29) is 12.3 Å². The third-order valence-corrected chi connectivity index (χ3v) is 9.45. The van der Waals surface area contributed by atoms with Crippen LogP contribution in [0.25, 0.3) is 0 Å². The lowest BCUT2D eigenvalue weighted by atomic mass is 9.93. The molecule has 310 valence electrons. The van der Waals surface area contributed by atoms with Crippen LogP contribution < -0.4 is 27.4 Å². The average molecular weight is 789 g/mol. The molecule has 3 saturated heterocycles. The molecule has 0 spiro atoms. The van der Waals surface area contributed by atoms with Crippen LogP contribution in [0.15, 0.2) is 24.3 Å². The van der Waals surface area contributed by atoms with Crippen molar-refractivity contribution in [2.24, 2.45) is 11.5 Å². The first-order chi connectivity index (χ1) is 26.2. The van der Waals surface area contributed by atoms with Crippen molar-refractivity contribution in [2.75, 3.05) is 39.4 Å². The SMILES string of the molecule is CO[C@@H]1OC(CO)[C@@H](O[C@@H]2OC(CO)[C@@H](O[C@@H]3OC(CO)[C@@H](OC)[C@H](O)C3NC(C)=O)[C@H](O)C2NC(=O)CCC(=O)Nc2ccc(C(=N)N)cc2)[C@H](O)C1N. The second-order valence-corrected chi connectivity index (χ2v) is 13.2. The highest BCUT2D eigenvalue weighted by Crippen LogP contribution is 2.33. The van der Waals surface area contributed by atoms with E-state index in [1.165, 1.54) is 45.4 Å². The Bertz CT molecular complexity index is 1440. The summed E-state index contributed by atoms with van der Waals surface area (Å²) in [5, 5.41) is 79.6. The molecule has 55 heavy (non-hydrogen) atoms. The molecule has 22 nitrogen and oxygen atoms in total. The van der Waals surface area contributed by atoms with Crippen molar-refractivity contribution in [1.82, 2.24) is 10.6 Å². The number of benzene rings is 1. The number of hydrogen-bond donors (Lipinski definition) is 12. The second kappa shape index (κ2) is 20.1. The van der Waals surface area contributed by atoms with Gasteiger partial charge in [-0.25, -0.2) is 0 Å². The minimum Gasteiger partial charge on any atom is -0.394 e. The van der Waals surface area contributed by atoms with Crippen LogP contribution in [0, 0.1) is 5.41 Å². The van der Waals surface area contributed by atoms with Gasteiger partial charge < -0.3 is 91.2 Å². The minimum atomic E-state index is -1.84. The molecule has 6 unspecified atom stereocenters. The monoisotopic (exact) mass is 788 g/mol. The van der Waals surface area contributed by atoms with Crippen molar-refractivity contribution in [3.8, 4) is 0 Å². The molecule has 0 saturated carbocycles. The van der Waals surface area contributed by atoms with E-state index in [0.717, 1.165) is 0 Å². The van der Waals surface area contributed by atoms with E-state index in [0.29, 0.717) is 11.3 Å². The number of amidine groups is 1. The van der Waals surface area contributed by atoms with Crippen molar-refractivity contribution in [2.45, 2.75) is 112 Å². The number of nitrogen functional groups attached to an aromatic ring is 1. The summed E-state index contributed by atoms with van der Waals surface area (Å²) in [5.74, 6) is -2.11. The minimum absolute atomic E-state index is 0.159. The zero-order valence-corrected chi connectivity index (χ0v) is 30.4. The average Bonchev–Trinajstić information content (AvgIpc) is 3.16. The number of hydrogen-bond acceptors (Lipinski definition) is 18. The molecule has 14 N–H and O–H groups in total. The normalized spacial score (nSPS) is 36.4. The molecule has 1 aromatic rings. The van der Waals surface area contributed by atoms with Gasteiger partial charge in [-0.15, -0.1) is 0 Å². The summed E-state index contributed by atoms with van der Waals surface area (Å²) in [5.41, 5.74) is 12.4. The molecule has 0 aromatic heterocycles. The van der Waals surface area contributed by atoms with Gasteiger partial charge in [-0.1, -0.05) is 0 Å². The quantitative estimate of drug-likeness (QED) is 0.0549. The molecule has 0 aliphatic carbocycles. The molecule has 3 amide bonds. The first-order valence-electron chi connectivity index (χ1n) is 17.4. The van der Waals surface area contributed by atoms with Gasteiger partial charge in [0.2, 0.25) is 17.7 Å². The third kappa shape index (κ3) is 10.7. The van der Waals surface area contributed by atoms with Gasteiger partial charge in [0.1, 0.15) is 72.9 Å². The number of nitrogens with two attached hydrogens (primary N) is 2. The van der Waals surface area contributed by atoms with E-state index in [4.69, 9.17) is 50.0 Å². The molecule has 3 aliphatic heterocycles. The Morgan fingerprint density at radius 2 is 1.20 bits per heavy atom. The first kappa shape index (κ1) is 44.3. The van der Waals surface area contributed by atoms with Crippen molar-refractivity contribution in [3.63, 3.8) is 0 Å². The van der Waals surface area contributed by atoms with Gasteiger partial charge in [-0.2, -0.15) is 0 Å². The molecule has 3 heterocycles. The van der Waals surface area contributed by atoms with Crippen LogP contribution in [0.2, 0.25) is 0 Å². The number of nitrogens with one attached hydrogen (secondary N) is 4. The van der Waals surface area contributed by atoms with E-state index < -0.39 is 136 Å². The zero-order valence-electron chi connectivity index (χ0n) is 30.4. The van der Waals surface area contributed by atoms with Gasteiger partial charge in [0.15, 0.2) is 18.9 Å². The number of aliphatic hydroxyl groups excluding tert-OH is 6. The first-order valence-corrected chi connectivity index (χ1v) is 17.4. The summed E-state index contributed by atoms with van der Waals surface area (Å²) in [6, 6.07) is 2.02. The van der Waals surface area contributed by atoms with Gasteiger partial charge in [0, 0.05) is 45.2 Å². The van der Waals surface area contributed by atoms with Crippen molar-refractivity contribution >= 4 is 29.2 Å². The van der Waals surface area contributed by atoms with Gasteiger partial charge in [0.25, 0.3) is 0 Å². The number of rotatable bonds is 16. The molecular formula is C33H52N6O16. The number of aliphatic hydroxyl groups is 6. The van der Waals surface area contributed by atoms with Crippen LogP contribution in [0.5, 0.6) is 0 Å². The Morgan fingerprint density at radius 3 is 1.69 bits per heavy atom. The topological polar surface area (TPSA) is 349 Å². The summed E-state index contributed by atoms with van der Waals surface area (Å²) in [4.78, 5) is 38.2. The lowest BCUT2D eigenvalue weighted by molar-refractivity contribution is -0.352. The van der Waals surface area contributed by atoms with Crippen LogP contribution in [0.3, 0.4) is 0 Å². The molecule has 1 aromatic carbocycles. The number of anilines is 1. The van der Waals surface area contributed by atoms with E-state index in [9.17, 15) is 45.0 Å². The van der Waals surface area contributed by atoms with Crippen molar-refractivity contribution in [1.29, 1.82) is 5.41 Å². The van der Waals surface area contributed by atoms with Gasteiger partial charge >= 0.3 is 0 Å². The Morgan fingerprint density at radius 1 is 0.727 bits per heavy atom. The number of amides is 3. The maximum absolute atomic E-state index is 13.4. The highest BCUT2D eigenvalue weighted by molar-refractivity contribution is 5.96.